The van der Waals surface area contributed by atoms with E-state index in [9.17, 15) is 4.39 Å². The zero-order chi connectivity index (χ0) is 14.3. The van der Waals surface area contributed by atoms with Gasteiger partial charge in [0.15, 0.2) is 0 Å². The second-order valence-electron chi connectivity index (χ2n) is 4.49. The lowest BCUT2D eigenvalue weighted by Gasteiger charge is -1.98. The van der Waals surface area contributed by atoms with Crippen LogP contribution >= 0.6 is 23.2 Å². The molecule has 0 amide bonds. The predicted octanol–water partition coefficient (Wildman–Crippen LogP) is 3.85. The van der Waals surface area contributed by atoms with E-state index in [1.165, 1.54) is 6.07 Å². The first-order chi connectivity index (χ1) is 9.56. The van der Waals surface area contributed by atoms with Crippen LogP contribution in [-0.4, -0.2) is 4.98 Å². The van der Waals surface area contributed by atoms with E-state index in [1.807, 2.05) is 12.1 Å². The van der Waals surface area contributed by atoms with E-state index in [4.69, 9.17) is 23.2 Å². The summed E-state index contributed by atoms with van der Waals surface area (Å²) in [6.45, 7) is 3.95. The van der Waals surface area contributed by atoms with Gasteiger partial charge in [-0.25, -0.2) is 4.39 Å². The fourth-order valence-corrected chi connectivity index (χ4v) is 2.55. The van der Waals surface area contributed by atoms with Crippen molar-refractivity contribution in [3.63, 3.8) is 0 Å². The molecule has 2 aromatic carbocycles. The second kappa shape index (κ2) is 4.97. The molecule has 3 rings (SSSR count). The lowest BCUT2D eigenvalue weighted by molar-refractivity contribution is 0.625. The summed E-state index contributed by atoms with van der Waals surface area (Å²) in [6, 6.07) is 10.4. The molecule has 0 saturated heterocycles. The Labute approximate surface area is 125 Å². The van der Waals surface area contributed by atoms with Gasteiger partial charge < -0.3 is 4.98 Å². The van der Waals surface area contributed by atoms with Crippen LogP contribution in [0.4, 0.5) is 4.39 Å². The topological polar surface area (TPSA) is 15.8 Å². The van der Waals surface area contributed by atoms with Crippen molar-refractivity contribution < 1.29 is 4.39 Å². The number of nitrogens with one attached hydrogen (secondary N) is 1. The molecular formula is C16H10Cl2FN. The molecule has 100 valence electrons. The first kappa shape index (κ1) is 13.2. The zero-order valence-corrected chi connectivity index (χ0v) is 11.9. The molecule has 1 nitrogen and oxygen atoms in total. The number of rotatable bonds is 1. The van der Waals surface area contributed by atoms with Crippen LogP contribution in [-0.2, 0) is 0 Å². The number of aromatic nitrogens is 1. The average molecular weight is 306 g/mol. The molecule has 0 spiro atoms. The van der Waals surface area contributed by atoms with Gasteiger partial charge in [0.05, 0.1) is 5.02 Å². The third-order valence-corrected chi connectivity index (χ3v) is 3.69. The smallest absolute Gasteiger partial charge is 0.149 e. The van der Waals surface area contributed by atoms with Crippen molar-refractivity contribution in [1.82, 2.24) is 4.98 Å². The van der Waals surface area contributed by atoms with Crippen molar-refractivity contribution in [3.05, 3.63) is 68.4 Å². The lowest BCUT2D eigenvalue weighted by Crippen LogP contribution is -2.20. The summed E-state index contributed by atoms with van der Waals surface area (Å²) < 4.78 is 14.0. The van der Waals surface area contributed by atoms with E-state index in [-0.39, 0.29) is 5.02 Å². The van der Waals surface area contributed by atoms with E-state index < -0.39 is 5.82 Å². The minimum atomic E-state index is -0.433. The van der Waals surface area contributed by atoms with Crippen LogP contribution in [0.15, 0.2) is 36.4 Å². The summed E-state index contributed by atoms with van der Waals surface area (Å²) in [5.74, 6) is -0.433. The fraction of sp³-hybridized carbons (Fsp3) is 0. The highest BCUT2D eigenvalue weighted by molar-refractivity contribution is 6.31. The monoisotopic (exact) mass is 305 g/mol. The fourth-order valence-electron chi connectivity index (χ4n) is 2.20. The molecule has 0 aliphatic rings. The van der Waals surface area contributed by atoms with Crippen LogP contribution in [0.3, 0.4) is 0 Å². The highest BCUT2D eigenvalue weighted by atomic mass is 35.5. The molecule has 20 heavy (non-hydrogen) atoms. The Morgan fingerprint density at radius 2 is 1.95 bits per heavy atom. The van der Waals surface area contributed by atoms with E-state index in [1.54, 1.807) is 24.3 Å². The van der Waals surface area contributed by atoms with Gasteiger partial charge in [-0.1, -0.05) is 48.0 Å². The van der Waals surface area contributed by atoms with Gasteiger partial charge in [-0.05, 0) is 24.3 Å². The Hall–Kier alpha value is -1.77. The summed E-state index contributed by atoms with van der Waals surface area (Å²) in [4.78, 5) is 3.14. The summed E-state index contributed by atoms with van der Waals surface area (Å²) in [5, 5.41) is 3.23. The third kappa shape index (κ3) is 2.21. The van der Waals surface area contributed by atoms with E-state index in [0.29, 0.717) is 15.9 Å². The van der Waals surface area contributed by atoms with Crippen LogP contribution in [0.5, 0.6) is 0 Å². The molecule has 0 saturated carbocycles. The Morgan fingerprint density at radius 3 is 2.75 bits per heavy atom. The Bertz CT molecular complexity index is 912. The quantitative estimate of drug-likeness (QED) is 0.703. The molecule has 0 aliphatic carbocycles. The zero-order valence-electron chi connectivity index (χ0n) is 10.4. The van der Waals surface area contributed by atoms with Crippen LogP contribution in [0.2, 0.25) is 10.0 Å². The van der Waals surface area contributed by atoms with Gasteiger partial charge in [0.2, 0.25) is 0 Å². The Morgan fingerprint density at radius 1 is 1.15 bits per heavy atom. The normalized spacial score (nSPS) is 12.2. The van der Waals surface area contributed by atoms with Crippen LogP contribution in [0.25, 0.3) is 23.6 Å². The molecular weight excluding hydrogens is 296 g/mol. The molecule has 0 fully saturated rings. The molecule has 1 N–H and O–H groups in total. The number of fused-ring (bicyclic) bond motifs is 1. The minimum absolute atomic E-state index is 0.104. The van der Waals surface area contributed by atoms with Gasteiger partial charge in [0, 0.05) is 32.1 Å². The predicted molar refractivity (Wildman–Crippen MR) is 83.1 cm³/mol. The van der Waals surface area contributed by atoms with Crippen LogP contribution in [0, 0.1) is 5.82 Å². The van der Waals surface area contributed by atoms with Gasteiger partial charge in [0.1, 0.15) is 5.82 Å². The average Bonchev–Trinajstić information content (AvgIpc) is 2.70. The Kier molecular flexibility index (Phi) is 3.28. The second-order valence-corrected chi connectivity index (χ2v) is 5.34. The third-order valence-electron chi connectivity index (χ3n) is 3.16. The molecule has 1 aromatic heterocycles. The molecule has 1 heterocycles. The van der Waals surface area contributed by atoms with Gasteiger partial charge >= 0.3 is 0 Å². The lowest BCUT2D eigenvalue weighted by atomic mass is 10.1. The van der Waals surface area contributed by atoms with Crippen molar-refractivity contribution in [2.24, 2.45) is 0 Å². The maximum Gasteiger partial charge on any atom is 0.149 e. The van der Waals surface area contributed by atoms with Gasteiger partial charge in [-0.3, -0.25) is 0 Å². The first-order valence-corrected chi connectivity index (χ1v) is 6.74. The maximum absolute atomic E-state index is 14.0. The standard InChI is InChI=1S/C16H10Cl2FN/c1-9-13(7-10-3-2-4-14(18)16(10)19)12-6-5-11(17)8-15(12)20-9/h2-8,20H,1H2/b13-7-. The maximum atomic E-state index is 14.0. The van der Waals surface area contributed by atoms with E-state index in [2.05, 4.69) is 11.6 Å². The summed E-state index contributed by atoms with van der Waals surface area (Å²) in [5.41, 5.74) is 1.30. The molecule has 0 radical (unpaired) electrons. The van der Waals surface area contributed by atoms with Crippen molar-refractivity contribution in [3.8, 4) is 0 Å². The van der Waals surface area contributed by atoms with Gasteiger partial charge in [-0.15, -0.1) is 0 Å². The van der Waals surface area contributed by atoms with Crippen LogP contribution in [0.1, 0.15) is 5.56 Å². The summed E-state index contributed by atoms with van der Waals surface area (Å²) in [7, 11) is 0. The van der Waals surface area contributed by atoms with E-state index >= 15 is 0 Å². The summed E-state index contributed by atoms with van der Waals surface area (Å²) in [6.07, 6.45) is 1.73. The highest BCUT2D eigenvalue weighted by Gasteiger charge is 2.05. The first-order valence-electron chi connectivity index (χ1n) is 5.98. The summed E-state index contributed by atoms with van der Waals surface area (Å²) >= 11 is 11.8. The SMILES string of the molecule is C=c1[nH]c2cc(Cl)ccc2/c1=C\c1cccc(Cl)c1F. The van der Waals surface area contributed by atoms with Crippen LogP contribution < -0.4 is 10.6 Å². The molecule has 4 heteroatoms. The molecule has 0 unspecified atom stereocenters. The molecule has 0 aliphatic heterocycles. The van der Waals surface area contributed by atoms with Gasteiger partial charge in [-0.2, -0.15) is 0 Å². The number of aromatic amines is 1. The van der Waals surface area contributed by atoms with Crippen molar-refractivity contribution in [2.45, 2.75) is 0 Å². The van der Waals surface area contributed by atoms with Gasteiger partial charge in [0.25, 0.3) is 0 Å². The number of hydrogen-bond donors (Lipinski definition) is 1. The largest absolute Gasteiger partial charge is 0.355 e. The molecule has 3 aromatic rings. The number of hydrogen-bond acceptors (Lipinski definition) is 0. The highest BCUT2D eigenvalue weighted by Crippen LogP contribution is 2.19. The van der Waals surface area contributed by atoms with Crippen molar-refractivity contribution in [2.75, 3.05) is 0 Å². The van der Waals surface area contributed by atoms with Crippen molar-refractivity contribution in [1.29, 1.82) is 0 Å². The molecule has 0 bridgehead atoms. The number of H-pyrrole nitrogens is 1. The minimum Gasteiger partial charge on any atom is -0.355 e. The van der Waals surface area contributed by atoms with Crippen molar-refractivity contribution >= 4 is 46.8 Å². The number of halogens is 3. The van der Waals surface area contributed by atoms with E-state index in [0.717, 1.165) is 16.1 Å². The number of benzene rings is 2. The Balaban J connectivity index is 2.34. The molecule has 0 atom stereocenters.